The number of carbonyl (C=O) groups excluding carboxylic acids is 3. The fourth-order valence-corrected chi connectivity index (χ4v) is 6.84. The molecule has 214 valence electrons. The predicted molar refractivity (Wildman–Crippen MR) is 155 cm³/mol. The van der Waals surface area contributed by atoms with Crippen molar-refractivity contribution in [1.82, 2.24) is 10.3 Å². The highest BCUT2D eigenvalue weighted by Gasteiger charge is 2.55. The van der Waals surface area contributed by atoms with Gasteiger partial charge in [-0.2, -0.15) is 5.26 Å². The van der Waals surface area contributed by atoms with Gasteiger partial charge in [0.1, 0.15) is 17.7 Å². The van der Waals surface area contributed by atoms with Crippen molar-refractivity contribution in [2.24, 2.45) is 0 Å². The van der Waals surface area contributed by atoms with E-state index in [-0.39, 0.29) is 42.2 Å². The van der Waals surface area contributed by atoms with Gasteiger partial charge in [0, 0.05) is 24.3 Å². The molecule has 9 heteroatoms. The molecule has 1 aliphatic heterocycles. The quantitative estimate of drug-likeness (QED) is 0.457. The third-order valence-electron chi connectivity index (χ3n) is 8.82. The number of nitriles is 1. The number of nitrogens with zero attached hydrogens (tertiary/aromatic N) is 4. The van der Waals surface area contributed by atoms with Gasteiger partial charge in [0.25, 0.3) is 11.8 Å². The summed E-state index contributed by atoms with van der Waals surface area (Å²) in [6.07, 6.45) is 7.50. The van der Waals surface area contributed by atoms with Crippen LogP contribution in [0.2, 0.25) is 0 Å². The maximum atomic E-state index is 14.9. The number of rotatable bonds is 6. The van der Waals surface area contributed by atoms with Gasteiger partial charge in [0.05, 0.1) is 11.6 Å². The summed E-state index contributed by atoms with van der Waals surface area (Å²) < 4.78 is 14.8. The topological polar surface area (TPSA) is 106 Å². The standard InChI is InChI=1S/C33H32FN5O3/c34-24-8-6-11-26(20-24)39(31(41)28-13-14-30(40)38(28)29-19-22(21-35)16-18-36-29)33(17-15-23-7-4-5-12-27(23)33)32(42)37-25-9-2-1-3-10-25/h4-8,11-12,16,18-20,25,28H,1-3,9-10,13-15,17H2,(H,37,42)/t28-,33-/m0/s1. The number of fused-ring (bicyclic) bond motifs is 1. The lowest BCUT2D eigenvalue weighted by Crippen LogP contribution is -2.62. The summed E-state index contributed by atoms with van der Waals surface area (Å²) in [7, 11) is 0. The van der Waals surface area contributed by atoms with Crippen LogP contribution in [0.5, 0.6) is 0 Å². The summed E-state index contributed by atoms with van der Waals surface area (Å²) in [4.78, 5) is 49.7. The largest absolute Gasteiger partial charge is 0.351 e. The molecule has 2 heterocycles. The number of anilines is 2. The molecule has 0 bridgehead atoms. The number of halogens is 1. The molecule has 3 aromatic rings. The first-order valence-electron chi connectivity index (χ1n) is 14.6. The highest BCUT2D eigenvalue weighted by molar-refractivity contribution is 6.12. The number of amides is 3. The number of benzene rings is 2. The van der Waals surface area contributed by atoms with Gasteiger partial charge in [-0.3, -0.25) is 24.2 Å². The molecule has 1 saturated carbocycles. The molecule has 1 N–H and O–H groups in total. The van der Waals surface area contributed by atoms with Crippen molar-refractivity contribution in [3.63, 3.8) is 0 Å². The number of hydrogen-bond acceptors (Lipinski definition) is 5. The monoisotopic (exact) mass is 565 g/mol. The van der Waals surface area contributed by atoms with Crippen LogP contribution in [0.1, 0.15) is 68.1 Å². The Morgan fingerprint density at radius 2 is 1.83 bits per heavy atom. The minimum Gasteiger partial charge on any atom is -0.351 e. The van der Waals surface area contributed by atoms with Crippen LogP contribution < -0.4 is 15.1 Å². The summed E-state index contributed by atoms with van der Waals surface area (Å²) in [5, 5.41) is 12.7. The number of pyridine rings is 1. The minimum absolute atomic E-state index is 0.0113. The number of carbonyl (C=O) groups is 3. The summed E-state index contributed by atoms with van der Waals surface area (Å²) in [5.74, 6) is -1.44. The lowest BCUT2D eigenvalue weighted by Gasteiger charge is -2.43. The molecule has 2 aliphatic carbocycles. The van der Waals surface area contributed by atoms with Gasteiger partial charge >= 0.3 is 0 Å². The average molecular weight is 566 g/mol. The Morgan fingerprint density at radius 3 is 2.62 bits per heavy atom. The Kier molecular flexibility index (Phi) is 7.46. The Morgan fingerprint density at radius 1 is 1.02 bits per heavy atom. The van der Waals surface area contributed by atoms with Gasteiger partial charge in [-0.25, -0.2) is 9.37 Å². The van der Waals surface area contributed by atoms with Crippen molar-refractivity contribution < 1.29 is 18.8 Å². The summed E-state index contributed by atoms with van der Waals surface area (Å²) >= 11 is 0. The van der Waals surface area contributed by atoms with Gasteiger partial charge in [-0.05, 0) is 73.6 Å². The lowest BCUT2D eigenvalue weighted by molar-refractivity contribution is -0.132. The summed E-state index contributed by atoms with van der Waals surface area (Å²) in [6.45, 7) is 0. The normalized spacial score (nSPS) is 22.0. The molecule has 42 heavy (non-hydrogen) atoms. The van der Waals surface area contributed by atoms with Crippen molar-refractivity contribution in [1.29, 1.82) is 5.26 Å². The van der Waals surface area contributed by atoms with Crippen LogP contribution in [0.25, 0.3) is 0 Å². The van der Waals surface area contributed by atoms with Crippen LogP contribution in [-0.4, -0.2) is 34.8 Å². The molecule has 1 saturated heterocycles. The van der Waals surface area contributed by atoms with E-state index < -0.39 is 23.3 Å². The lowest BCUT2D eigenvalue weighted by atomic mass is 9.85. The molecule has 0 unspecified atom stereocenters. The summed E-state index contributed by atoms with van der Waals surface area (Å²) in [5.41, 5.74) is 0.761. The van der Waals surface area contributed by atoms with Crippen molar-refractivity contribution in [3.05, 3.63) is 89.4 Å². The molecule has 2 aromatic carbocycles. The van der Waals surface area contributed by atoms with Crippen molar-refractivity contribution >= 4 is 29.2 Å². The van der Waals surface area contributed by atoms with E-state index in [4.69, 9.17) is 0 Å². The minimum atomic E-state index is -1.45. The summed E-state index contributed by atoms with van der Waals surface area (Å²) in [6, 6.07) is 17.4. The number of hydrogen-bond donors (Lipinski definition) is 1. The molecule has 3 aliphatic rings. The zero-order chi connectivity index (χ0) is 29.3. The van der Waals surface area contributed by atoms with Crippen LogP contribution >= 0.6 is 0 Å². The predicted octanol–water partition coefficient (Wildman–Crippen LogP) is 4.91. The van der Waals surface area contributed by atoms with Crippen LogP contribution in [0.15, 0.2) is 66.9 Å². The smallest absolute Gasteiger partial charge is 0.251 e. The Hall–Kier alpha value is -4.58. The molecule has 1 aromatic heterocycles. The Labute approximate surface area is 244 Å². The third kappa shape index (κ3) is 4.81. The van der Waals surface area contributed by atoms with Gasteiger partial charge in [0.2, 0.25) is 5.91 Å². The van der Waals surface area contributed by atoms with E-state index >= 15 is 0 Å². The van der Waals surface area contributed by atoms with E-state index in [1.807, 2.05) is 24.3 Å². The third-order valence-corrected chi connectivity index (χ3v) is 8.82. The van der Waals surface area contributed by atoms with E-state index in [0.717, 1.165) is 37.7 Å². The second-order valence-electron chi connectivity index (χ2n) is 11.3. The van der Waals surface area contributed by atoms with Crippen molar-refractivity contribution in [2.75, 3.05) is 9.80 Å². The number of aromatic nitrogens is 1. The second kappa shape index (κ2) is 11.4. The van der Waals surface area contributed by atoms with E-state index in [1.54, 1.807) is 6.07 Å². The molecular formula is C33H32FN5O3. The van der Waals surface area contributed by atoms with Crippen LogP contribution in [0.3, 0.4) is 0 Å². The van der Waals surface area contributed by atoms with Crippen molar-refractivity contribution in [2.45, 2.75) is 75.4 Å². The highest BCUT2D eigenvalue weighted by Crippen LogP contribution is 2.46. The van der Waals surface area contributed by atoms with Gasteiger partial charge in [-0.1, -0.05) is 49.6 Å². The number of nitrogens with one attached hydrogen (secondary N) is 1. The Balaban J connectivity index is 1.49. The molecule has 0 radical (unpaired) electrons. The fourth-order valence-electron chi connectivity index (χ4n) is 6.84. The molecule has 2 atom stereocenters. The van der Waals surface area contributed by atoms with Crippen LogP contribution in [0, 0.1) is 17.1 Å². The maximum Gasteiger partial charge on any atom is 0.251 e. The zero-order valence-electron chi connectivity index (χ0n) is 23.3. The maximum absolute atomic E-state index is 14.9. The molecular weight excluding hydrogens is 533 g/mol. The molecule has 2 fully saturated rings. The van der Waals surface area contributed by atoms with Crippen LogP contribution in [-0.2, 0) is 26.3 Å². The molecule has 6 rings (SSSR count). The van der Waals surface area contributed by atoms with Gasteiger partial charge < -0.3 is 5.32 Å². The van der Waals surface area contributed by atoms with E-state index in [1.165, 1.54) is 46.3 Å². The zero-order valence-corrected chi connectivity index (χ0v) is 23.3. The molecule has 3 amide bonds. The van der Waals surface area contributed by atoms with Crippen molar-refractivity contribution in [3.8, 4) is 6.07 Å². The SMILES string of the molecule is N#Cc1ccnc(N2C(=O)CC[C@H]2C(=O)N(c2cccc(F)c2)[C@@]2(C(=O)NC3CCCCC3)CCc3ccccc32)c1. The second-order valence-corrected chi connectivity index (χ2v) is 11.3. The average Bonchev–Trinajstić information content (AvgIpc) is 3.59. The first-order chi connectivity index (χ1) is 20.4. The molecule has 0 spiro atoms. The Bertz CT molecular complexity index is 1580. The fraction of sp³-hybridized carbons (Fsp3) is 0.364. The van der Waals surface area contributed by atoms with E-state index in [9.17, 15) is 24.0 Å². The number of aryl methyl sites for hydroxylation is 1. The van der Waals surface area contributed by atoms with E-state index in [2.05, 4.69) is 16.4 Å². The first-order valence-corrected chi connectivity index (χ1v) is 14.6. The highest BCUT2D eigenvalue weighted by atomic mass is 19.1. The molecule has 8 nitrogen and oxygen atoms in total. The van der Waals surface area contributed by atoms with Crippen LogP contribution in [0.4, 0.5) is 15.9 Å². The van der Waals surface area contributed by atoms with Gasteiger partial charge in [-0.15, -0.1) is 0 Å². The van der Waals surface area contributed by atoms with E-state index in [0.29, 0.717) is 24.0 Å². The van der Waals surface area contributed by atoms with Gasteiger partial charge in [0.15, 0.2) is 5.54 Å². The first kappa shape index (κ1) is 27.6.